The Balaban J connectivity index is 2.36. The third kappa shape index (κ3) is 4.35. The van der Waals surface area contributed by atoms with E-state index in [4.69, 9.17) is 21.1 Å². The van der Waals surface area contributed by atoms with Crippen LogP contribution in [0.1, 0.15) is 30.2 Å². The molecule has 8 heteroatoms. The smallest absolute Gasteiger partial charge is 0.274 e. The van der Waals surface area contributed by atoms with Gasteiger partial charge in [-0.05, 0) is 20.8 Å². The predicted octanol–water partition coefficient (Wildman–Crippen LogP) is 3.55. The van der Waals surface area contributed by atoms with Crippen molar-refractivity contribution in [2.24, 2.45) is 0 Å². The molecule has 0 spiro atoms. The van der Waals surface area contributed by atoms with Gasteiger partial charge >= 0.3 is 0 Å². The molecule has 2 rings (SSSR count). The lowest BCUT2D eigenvalue weighted by Crippen LogP contribution is -2.25. The Hall–Kier alpha value is -2.54. The number of hydrogen-bond donors (Lipinski definition) is 1. The van der Waals surface area contributed by atoms with Crippen molar-refractivity contribution in [2.75, 3.05) is 37.5 Å². The number of rotatable bonds is 7. The van der Waals surface area contributed by atoms with Crippen molar-refractivity contribution in [3.63, 3.8) is 0 Å². The largest absolute Gasteiger partial charge is 0.495 e. The summed E-state index contributed by atoms with van der Waals surface area (Å²) in [6.45, 7) is 7.40. The molecule has 0 unspecified atom stereocenters. The zero-order chi connectivity index (χ0) is 19.3. The molecule has 0 saturated carbocycles. The fraction of sp³-hybridized carbons (Fsp3) is 0.389. The minimum absolute atomic E-state index is 0.273. The summed E-state index contributed by atoms with van der Waals surface area (Å²) in [5, 5.41) is 3.19. The average Bonchev–Trinajstić information content (AvgIpc) is 2.63. The number of nitrogens with one attached hydrogen (secondary N) is 1. The van der Waals surface area contributed by atoms with E-state index in [0.29, 0.717) is 33.9 Å². The molecule has 0 aliphatic carbocycles. The Kier molecular flexibility index (Phi) is 6.63. The number of anilines is 2. The molecule has 2 aromatic rings. The molecular weight excluding hydrogens is 356 g/mol. The van der Waals surface area contributed by atoms with Gasteiger partial charge in [0, 0.05) is 31.3 Å². The molecule has 0 fully saturated rings. The Morgan fingerprint density at radius 1 is 1.12 bits per heavy atom. The third-order valence-electron chi connectivity index (χ3n) is 3.87. The number of hydrogen-bond acceptors (Lipinski definition) is 6. The van der Waals surface area contributed by atoms with Crippen molar-refractivity contribution in [2.45, 2.75) is 20.8 Å². The van der Waals surface area contributed by atoms with Gasteiger partial charge in [-0.2, -0.15) is 0 Å². The van der Waals surface area contributed by atoms with Gasteiger partial charge in [-0.1, -0.05) is 11.6 Å². The number of amides is 1. The lowest BCUT2D eigenvalue weighted by molar-refractivity contribution is 0.102. The SMILES string of the molecule is CCN(CC)c1cc(C(=O)Nc2cc(OC)c(Cl)cc2OC)nc(C)n1. The van der Waals surface area contributed by atoms with E-state index in [-0.39, 0.29) is 11.6 Å². The van der Waals surface area contributed by atoms with E-state index in [0.717, 1.165) is 13.1 Å². The maximum atomic E-state index is 12.7. The van der Waals surface area contributed by atoms with E-state index < -0.39 is 0 Å². The lowest BCUT2D eigenvalue weighted by atomic mass is 10.2. The zero-order valence-electron chi connectivity index (χ0n) is 15.6. The standard InChI is InChI=1S/C18H23ClN4O3/c1-6-23(7-2)17-10-14(20-11(3)21-17)18(24)22-13-9-15(25-4)12(19)8-16(13)26-5/h8-10H,6-7H2,1-5H3,(H,22,24). The molecule has 1 aromatic carbocycles. The number of nitrogens with zero attached hydrogens (tertiary/aromatic N) is 3. The van der Waals surface area contributed by atoms with Gasteiger partial charge in [0.25, 0.3) is 5.91 Å². The van der Waals surface area contributed by atoms with Crippen LogP contribution >= 0.6 is 11.6 Å². The number of benzene rings is 1. The zero-order valence-corrected chi connectivity index (χ0v) is 16.3. The molecule has 1 heterocycles. The van der Waals surface area contributed by atoms with E-state index >= 15 is 0 Å². The maximum absolute atomic E-state index is 12.7. The molecule has 0 aliphatic heterocycles. The second kappa shape index (κ2) is 8.71. The van der Waals surface area contributed by atoms with Gasteiger partial charge in [-0.25, -0.2) is 9.97 Å². The van der Waals surface area contributed by atoms with Gasteiger partial charge in [0.15, 0.2) is 0 Å². The molecule has 0 aliphatic rings. The highest BCUT2D eigenvalue weighted by atomic mass is 35.5. The summed E-state index contributed by atoms with van der Waals surface area (Å²) >= 11 is 6.10. The number of ether oxygens (including phenoxy) is 2. The summed E-state index contributed by atoms with van der Waals surface area (Å²) in [7, 11) is 3.00. The number of aryl methyl sites for hydroxylation is 1. The third-order valence-corrected chi connectivity index (χ3v) is 4.16. The summed E-state index contributed by atoms with van der Waals surface area (Å²) in [5.74, 6) is 1.74. The first-order chi connectivity index (χ1) is 12.4. The van der Waals surface area contributed by atoms with E-state index in [2.05, 4.69) is 20.2 Å². The topological polar surface area (TPSA) is 76.6 Å². The first-order valence-electron chi connectivity index (χ1n) is 8.26. The van der Waals surface area contributed by atoms with Crippen LogP contribution in [-0.2, 0) is 0 Å². The number of methoxy groups -OCH3 is 2. The van der Waals surface area contributed by atoms with Gasteiger partial charge in [-0.15, -0.1) is 0 Å². The van der Waals surface area contributed by atoms with Crippen molar-refractivity contribution in [1.29, 1.82) is 0 Å². The lowest BCUT2D eigenvalue weighted by Gasteiger charge is -2.20. The summed E-state index contributed by atoms with van der Waals surface area (Å²) < 4.78 is 10.5. The minimum Gasteiger partial charge on any atom is -0.495 e. The molecule has 26 heavy (non-hydrogen) atoms. The van der Waals surface area contributed by atoms with Crippen molar-refractivity contribution in [3.05, 3.63) is 34.7 Å². The summed E-state index contributed by atoms with van der Waals surface area (Å²) in [4.78, 5) is 23.4. The summed E-state index contributed by atoms with van der Waals surface area (Å²) in [6.07, 6.45) is 0. The average molecular weight is 379 g/mol. The number of halogens is 1. The Bertz CT molecular complexity index is 794. The number of aromatic nitrogens is 2. The van der Waals surface area contributed by atoms with Crippen LogP contribution in [0, 0.1) is 6.92 Å². The molecule has 140 valence electrons. The van der Waals surface area contributed by atoms with Crippen LogP contribution in [0.4, 0.5) is 11.5 Å². The van der Waals surface area contributed by atoms with Crippen molar-refractivity contribution >= 4 is 29.0 Å². The van der Waals surface area contributed by atoms with Crippen LogP contribution in [0.3, 0.4) is 0 Å². The summed E-state index contributed by atoms with van der Waals surface area (Å²) in [5.41, 5.74) is 0.717. The van der Waals surface area contributed by atoms with E-state index in [1.54, 1.807) is 25.1 Å². The Labute approximate surface area is 158 Å². The van der Waals surface area contributed by atoms with Crippen LogP contribution in [0.2, 0.25) is 5.02 Å². The van der Waals surface area contributed by atoms with Crippen LogP contribution < -0.4 is 19.7 Å². The highest BCUT2D eigenvalue weighted by Gasteiger charge is 2.17. The fourth-order valence-corrected chi connectivity index (χ4v) is 2.75. The quantitative estimate of drug-likeness (QED) is 0.793. The second-order valence-electron chi connectivity index (χ2n) is 5.47. The van der Waals surface area contributed by atoms with E-state index in [1.807, 2.05) is 13.8 Å². The highest BCUT2D eigenvalue weighted by Crippen LogP contribution is 2.36. The predicted molar refractivity (Wildman–Crippen MR) is 103 cm³/mol. The number of carbonyl (C=O) groups is 1. The fourth-order valence-electron chi connectivity index (χ4n) is 2.52. The summed E-state index contributed by atoms with van der Waals surface area (Å²) in [6, 6.07) is 4.87. The van der Waals surface area contributed by atoms with Gasteiger partial charge in [-0.3, -0.25) is 4.79 Å². The van der Waals surface area contributed by atoms with Crippen LogP contribution in [0.5, 0.6) is 11.5 Å². The Morgan fingerprint density at radius 3 is 2.35 bits per heavy atom. The Morgan fingerprint density at radius 2 is 1.77 bits per heavy atom. The molecular formula is C18H23ClN4O3. The van der Waals surface area contributed by atoms with E-state index in [9.17, 15) is 4.79 Å². The van der Waals surface area contributed by atoms with Crippen molar-refractivity contribution < 1.29 is 14.3 Å². The molecule has 0 atom stereocenters. The number of carbonyl (C=O) groups excluding carboxylic acids is 1. The molecule has 0 radical (unpaired) electrons. The molecule has 1 N–H and O–H groups in total. The molecule has 1 amide bonds. The van der Waals surface area contributed by atoms with Crippen LogP contribution in [0.25, 0.3) is 0 Å². The molecule has 0 saturated heterocycles. The van der Waals surface area contributed by atoms with E-state index in [1.165, 1.54) is 14.2 Å². The van der Waals surface area contributed by atoms with Crippen molar-refractivity contribution in [3.8, 4) is 11.5 Å². The van der Waals surface area contributed by atoms with Crippen LogP contribution in [-0.4, -0.2) is 43.2 Å². The maximum Gasteiger partial charge on any atom is 0.274 e. The molecule has 0 bridgehead atoms. The minimum atomic E-state index is -0.369. The van der Waals surface area contributed by atoms with Crippen molar-refractivity contribution in [1.82, 2.24) is 9.97 Å². The first kappa shape index (κ1) is 19.8. The van der Waals surface area contributed by atoms with Gasteiger partial charge in [0.1, 0.15) is 28.8 Å². The molecule has 7 nitrogen and oxygen atoms in total. The second-order valence-corrected chi connectivity index (χ2v) is 5.88. The first-order valence-corrected chi connectivity index (χ1v) is 8.64. The molecule has 1 aromatic heterocycles. The highest BCUT2D eigenvalue weighted by molar-refractivity contribution is 6.32. The normalized spacial score (nSPS) is 10.4. The van der Waals surface area contributed by atoms with Gasteiger partial charge < -0.3 is 19.7 Å². The van der Waals surface area contributed by atoms with Crippen LogP contribution in [0.15, 0.2) is 18.2 Å². The van der Waals surface area contributed by atoms with Gasteiger partial charge in [0.2, 0.25) is 0 Å². The van der Waals surface area contributed by atoms with Gasteiger partial charge in [0.05, 0.1) is 24.9 Å². The monoisotopic (exact) mass is 378 g/mol.